The van der Waals surface area contributed by atoms with E-state index in [1.807, 2.05) is 0 Å². The van der Waals surface area contributed by atoms with Gasteiger partial charge in [0.2, 0.25) is 0 Å². The van der Waals surface area contributed by atoms with Crippen LogP contribution in [0.3, 0.4) is 0 Å². The van der Waals surface area contributed by atoms with Crippen molar-refractivity contribution >= 4 is 23.2 Å². The Morgan fingerprint density at radius 1 is 1.56 bits per heavy atom. The van der Waals surface area contributed by atoms with E-state index >= 15 is 0 Å². The number of nitrogens with zero attached hydrogens (tertiary/aromatic N) is 4. The maximum atomic E-state index is 12.2. The molecule has 1 unspecified atom stereocenters. The number of halogens is 3. The predicted molar refractivity (Wildman–Crippen MR) is 61.0 cm³/mol. The second-order valence-electron chi connectivity index (χ2n) is 3.63. The molecule has 2 heterocycles. The van der Waals surface area contributed by atoms with Gasteiger partial charge in [-0.3, -0.25) is 0 Å². The highest BCUT2D eigenvalue weighted by Crippen LogP contribution is 2.22. The molecule has 18 heavy (non-hydrogen) atoms. The molecule has 0 aliphatic carbocycles. The normalized spacial score (nSPS) is 13.2. The highest BCUT2D eigenvalue weighted by atomic mass is 35.5. The van der Waals surface area contributed by atoms with Gasteiger partial charge in [-0.05, 0) is 6.92 Å². The van der Waals surface area contributed by atoms with Gasteiger partial charge >= 0.3 is 0 Å². The van der Waals surface area contributed by atoms with Crippen LogP contribution in [0.25, 0.3) is 5.78 Å². The summed E-state index contributed by atoms with van der Waals surface area (Å²) < 4.78 is 25.7. The number of aliphatic hydroxyl groups excluding tert-OH is 1. The fourth-order valence-electron chi connectivity index (χ4n) is 1.40. The number of aromatic nitrogens is 4. The Balaban J connectivity index is 2.31. The van der Waals surface area contributed by atoms with Gasteiger partial charge in [-0.1, -0.05) is 11.6 Å². The zero-order valence-electron chi connectivity index (χ0n) is 9.31. The molecule has 0 aliphatic heterocycles. The minimum atomic E-state index is -2.82. The number of fused-ring (bicyclic) bond motifs is 1. The van der Waals surface area contributed by atoms with Crippen LogP contribution in [-0.2, 0) is 0 Å². The first-order valence-corrected chi connectivity index (χ1v) is 5.44. The Labute approximate surface area is 106 Å². The topological polar surface area (TPSA) is 75.3 Å². The van der Waals surface area contributed by atoms with Gasteiger partial charge in [-0.15, -0.1) is 0 Å². The van der Waals surface area contributed by atoms with Gasteiger partial charge in [0.25, 0.3) is 12.2 Å². The Morgan fingerprint density at radius 2 is 2.28 bits per heavy atom. The fraction of sp³-hybridized carbons (Fsp3) is 0.444. The van der Waals surface area contributed by atoms with Crippen molar-refractivity contribution in [3.05, 3.63) is 17.0 Å². The summed E-state index contributed by atoms with van der Waals surface area (Å²) in [7, 11) is 0. The van der Waals surface area contributed by atoms with Crippen LogP contribution >= 0.6 is 11.6 Å². The summed E-state index contributed by atoms with van der Waals surface area (Å²) in [5.41, 5.74) is 0.538. The van der Waals surface area contributed by atoms with E-state index in [0.29, 0.717) is 11.4 Å². The average Bonchev–Trinajstić information content (AvgIpc) is 2.76. The minimum Gasteiger partial charge on any atom is -0.385 e. The number of aliphatic hydroxyl groups is 1. The summed E-state index contributed by atoms with van der Waals surface area (Å²) in [5.74, 6) is 0.627. The number of alkyl halides is 2. The second-order valence-corrected chi connectivity index (χ2v) is 3.99. The largest absolute Gasteiger partial charge is 0.385 e. The van der Waals surface area contributed by atoms with Crippen LogP contribution in [0.1, 0.15) is 5.56 Å². The van der Waals surface area contributed by atoms with Gasteiger partial charge in [0.15, 0.2) is 0 Å². The van der Waals surface area contributed by atoms with Crippen molar-refractivity contribution in [2.45, 2.75) is 19.5 Å². The standard InChI is InChI=1S/C9H10ClF2N5O/c1-4-6(10)16-9-14-3-15-17(9)8(4)13-2-5(18)7(11)12/h3,5,7,13,18H,2H2,1H3. The van der Waals surface area contributed by atoms with Crippen molar-refractivity contribution in [1.29, 1.82) is 0 Å². The summed E-state index contributed by atoms with van der Waals surface area (Å²) in [6.07, 6.45) is -3.32. The average molecular weight is 278 g/mol. The maximum Gasteiger partial charge on any atom is 0.265 e. The molecule has 2 rings (SSSR count). The van der Waals surface area contributed by atoms with Crippen LogP contribution in [0.5, 0.6) is 0 Å². The zero-order chi connectivity index (χ0) is 13.3. The number of nitrogens with one attached hydrogen (secondary N) is 1. The quantitative estimate of drug-likeness (QED) is 0.819. The van der Waals surface area contributed by atoms with Crippen molar-refractivity contribution in [2.75, 3.05) is 11.9 Å². The van der Waals surface area contributed by atoms with Crippen molar-refractivity contribution < 1.29 is 13.9 Å². The number of rotatable bonds is 4. The van der Waals surface area contributed by atoms with Crippen LogP contribution in [0.15, 0.2) is 6.33 Å². The smallest absolute Gasteiger partial charge is 0.265 e. The molecule has 0 bridgehead atoms. The molecule has 0 saturated carbocycles. The molecule has 0 fully saturated rings. The van der Waals surface area contributed by atoms with Gasteiger partial charge in [0.05, 0.1) is 0 Å². The molecule has 2 aromatic rings. The summed E-state index contributed by atoms with van der Waals surface area (Å²) in [6, 6.07) is 0. The molecule has 9 heteroatoms. The first-order chi connectivity index (χ1) is 8.50. The van der Waals surface area contributed by atoms with E-state index in [9.17, 15) is 8.78 Å². The monoisotopic (exact) mass is 277 g/mol. The van der Waals surface area contributed by atoms with Crippen LogP contribution in [0, 0.1) is 6.92 Å². The van der Waals surface area contributed by atoms with E-state index in [4.69, 9.17) is 16.7 Å². The predicted octanol–water partition coefficient (Wildman–Crippen LogP) is 1.12. The molecule has 0 amide bonds. The lowest BCUT2D eigenvalue weighted by Gasteiger charge is -2.14. The number of hydrogen-bond acceptors (Lipinski definition) is 5. The van der Waals surface area contributed by atoms with Gasteiger partial charge < -0.3 is 10.4 Å². The van der Waals surface area contributed by atoms with Crippen molar-refractivity contribution in [2.24, 2.45) is 0 Å². The summed E-state index contributed by atoms with van der Waals surface area (Å²) in [6.45, 7) is 1.33. The van der Waals surface area contributed by atoms with Gasteiger partial charge in [-0.25, -0.2) is 8.78 Å². The van der Waals surface area contributed by atoms with Gasteiger partial charge in [-0.2, -0.15) is 19.6 Å². The molecular formula is C9H10ClF2N5O. The first-order valence-electron chi connectivity index (χ1n) is 5.06. The third-order valence-corrected chi connectivity index (χ3v) is 2.74. The van der Waals surface area contributed by atoms with Gasteiger partial charge in [0.1, 0.15) is 23.4 Å². The Bertz CT molecular complexity index is 561. The van der Waals surface area contributed by atoms with E-state index in [1.165, 1.54) is 10.8 Å². The lowest BCUT2D eigenvalue weighted by Crippen LogP contribution is -2.28. The lowest BCUT2D eigenvalue weighted by atomic mass is 10.3. The molecule has 0 aromatic carbocycles. The van der Waals surface area contributed by atoms with Crippen LogP contribution < -0.4 is 5.32 Å². The molecular weight excluding hydrogens is 268 g/mol. The number of hydrogen-bond donors (Lipinski definition) is 2. The molecule has 0 aliphatic rings. The minimum absolute atomic E-state index is 0.199. The molecule has 1 atom stereocenters. The summed E-state index contributed by atoms with van der Waals surface area (Å²) in [5, 5.41) is 15.8. The molecule has 98 valence electrons. The number of anilines is 1. The Hall–Kier alpha value is -1.54. The molecule has 6 nitrogen and oxygen atoms in total. The van der Waals surface area contributed by atoms with E-state index in [2.05, 4.69) is 20.4 Å². The molecule has 0 saturated heterocycles. The highest BCUT2D eigenvalue weighted by molar-refractivity contribution is 6.30. The zero-order valence-corrected chi connectivity index (χ0v) is 10.1. The molecule has 0 radical (unpaired) electrons. The van der Waals surface area contributed by atoms with E-state index in [1.54, 1.807) is 6.92 Å². The lowest BCUT2D eigenvalue weighted by molar-refractivity contribution is 0.00378. The third kappa shape index (κ3) is 2.34. The summed E-state index contributed by atoms with van der Waals surface area (Å²) >= 11 is 5.88. The molecule has 2 N–H and O–H groups in total. The second kappa shape index (κ2) is 4.99. The van der Waals surface area contributed by atoms with Crippen molar-refractivity contribution in [3.63, 3.8) is 0 Å². The summed E-state index contributed by atoms with van der Waals surface area (Å²) in [4.78, 5) is 7.81. The van der Waals surface area contributed by atoms with Crippen LogP contribution in [-0.4, -0.2) is 43.8 Å². The SMILES string of the molecule is Cc1c(Cl)nc2ncnn2c1NCC(O)C(F)F. The highest BCUT2D eigenvalue weighted by Gasteiger charge is 2.18. The van der Waals surface area contributed by atoms with Crippen molar-refractivity contribution in [3.8, 4) is 0 Å². The van der Waals surface area contributed by atoms with E-state index in [-0.39, 0.29) is 17.5 Å². The van der Waals surface area contributed by atoms with Crippen LogP contribution in [0.4, 0.5) is 14.6 Å². The van der Waals surface area contributed by atoms with Gasteiger partial charge in [0, 0.05) is 12.1 Å². The Kier molecular flexibility index (Phi) is 3.58. The maximum absolute atomic E-state index is 12.2. The van der Waals surface area contributed by atoms with Crippen LogP contribution in [0.2, 0.25) is 5.15 Å². The fourth-order valence-corrected chi connectivity index (χ4v) is 1.56. The third-order valence-electron chi connectivity index (χ3n) is 2.37. The first kappa shape index (κ1) is 12.9. The molecule has 2 aromatic heterocycles. The van der Waals surface area contributed by atoms with Crippen molar-refractivity contribution in [1.82, 2.24) is 19.6 Å². The van der Waals surface area contributed by atoms with E-state index < -0.39 is 12.5 Å². The van der Waals surface area contributed by atoms with E-state index in [0.717, 1.165) is 0 Å². The molecule has 0 spiro atoms. The Morgan fingerprint density at radius 3 is 2.94 bits per heavy atom.